The average Bonchev–Trinajstić information content (AvgIpc) is 2.96. The summed E-state index contributed by atoms with van der Waals surface area (Å²) in [5.41, 5.74) is 3.57. The van der Waals surface area contributed by atoms with Crippen LogP contribution in [0.25, 0.3) is 10.2 Å². The van der Waals surface area contributed by atoms with Crippen molar-refractivity contribution in [3.63, 3.8) is 0 Å². The summed E-state index contributed by atoms with van der Waals surface area (Å²) in [5, 5.41) is 4.16. The fraction of sp³-hybridized carbons (Fsp3) is 0.176. The molecule has 25 heavy (non-hydrogen) atoms. The van der Waals surface area contributed by atoms with E-state index in [1.165, 1.54) is 23.5 Å². The van der Waals surface area contributed by atoms with Gasteiger partial charge < -0.3 is 4.57 Å². The molecule has 6 nitrogen and oxygen atoms in total. The summed E-state index contributed by atoms with van der Waals surface area (Å²) in [6.45, 7) is 1.55. The van der Waals surface area contributed by atoms with Crippen molar-refractivity contribution in [3.05, 3.63) is 58.9 Å². The van der Waals surface area contributed by atoms with Gasteiger partial charge in [-0.3, -0.25) is 4.79 Å². The Morgan fingerprint density at radius 2 is 1.84 bits per heavy atom. The van der Waals surface area contributed by atoms with Crippen molar-refractivity contribution in [1.29, 1.82) is 0 Å². The van der Waals surface area contributed by atoms with Gasteiger partial charge in [0.05, 0.1) is 26.4 Å². The molecule has 2 aromatic carbocycles. The van der Waals surface area contributed by atoms with Crippen molar-refractivity contribution >= 4 is 37.3 Å². The lowest BCUT2D eigenvalue weighted by molar-refractivity contribution is 0.0949. The minimum Gasteiger partial charge on any atom is -0.318 e. The minimum atomic E-state index is -3.49. The van der Waals surface area contributed by atoms with Gasteiger partial charge in [-0.05, 0) is 24.3 Å². The first-order chi connectivity index (χ1) is 11.9. The van der Waals surface area contributed by atoms with Crippen LogP contribution in [0.3, 0.4) is 0 Å². The van der Waals surface area contributed by atoms with E-state index in [2.05, 4.69) is 10.5 Å². The Morgan fingerprint density at radius 1 is 1.16 bits per heavy atom. The van der Waals surface area contributed by atoms with Crippen LogP contribution in [0.4, 0.5) is 0 Å². The molecule has 0 aliphatic rings. The van der Waals surface area contributed by atoms with Gasteiger partial charge in [-0.1, -0.05) is 42.5 Å². The topological polar surface area (TPSA) is 80.5 Å². The van der Waals surface area contributed by atoms with Crippen molar-refractivity contribution in [2.45, 2.75) is 11.8 Å². The van der Waals surface area contributed by atoms with E-state index in [1.807, 2.05) is 35.9 Å². The summed E-state index contributed by atoms with van der Waals surface area (Å²) in [6.07, 6.45) is 0. The third-order valence-electron chi connectivity index (χ3n) is 3.81. The maximum absolute atomic E-state index is 12.5. The zero-order chi connectivity index (χ0) is 18.0. The molecule has 1 heterocycles. The highest BCUT2D eigenvalue weighted by molar-refractivity contribution is 7.91. The molecule has 0 radical (unpaired) electrons. The second-order valence-electron chi connectivity index (χ2n) is 5.36. The average molecular weight is 375 g/mol. The molecule has 0 fully saturated rings. The lowest BCUT2D eigenvalue weighted by Gasteiger charge is -2.07. The number of carbonyl (C=O) groups is 1. The monoisotopic (exact) mass is 375 g/mol. The number of carbonyl (C=O) groups excluding carboxylic acids is 1. The number of hydrogen-bond donors (Lipinski definition) is 1. The number of nitrogens with zero attached hydrogens (tertiary/aromatic N) is 2. The summed E-state index contributed by atoms with van der Waals surface area (Å²) >= 11 is 1.44. The van der Waals surface area contributed by atoms with Gasteiger partial charge in [0, 0.05) is 7.05 Å². The fourth-order valence-electron chi connectivity index (χ4n) is 2.43. The van der Waals surface area contributed by atoms with Gasteiger partial charge in [0.15, 0.2) is 9.84 Å². The Balaban J connectivity index is 1.97. The molecule has 1 N–H and O–H groups in total. The van der Waals surface area contributed by atoms with Gasteiger partial charge in [0.1, 0.15) is 0 Å². The molecule has 3 aromatic rings. The highest BCUT2D eigenvalue weighted by Gasteiger charge is 2.20. The van der Waals surface area contributed by atoms with Crippen molar-refractivity contribution in [2.24, 2.45) is 12.1 Å². The smallest absolute Gasteiger partial charge is 0.272 e. The number of para-hydroxylation sites is 1. The molecule has 1 aromatic heterocycles. The van der Waals surface area contributed by atoms with Gasteiger partial charge in [-0.15, -0.1) is 5.10 Å². The van der Waals surface area contributed by atoms with E-state index in [1.54, 1.807) is 19.1 Å². The van der Waals surface area contributed by atoms with Crippen molar-refractivity contribution in [3.8, 4) is 0 Å². The van der Waals surface area contributed by atoms with E-state index >= 15 is 0 Å². The van der Waals surface area contributed by atoms with Crippen molar-refractivity contribution < 1.29 is 13.2 Å². The highest BCUT2D eigenvalue weighted by Crippen LogP contribution is 2.17. The highest BCUT2D eigenvalue weighted by atomic mass is 32.2. The van der Waals surface area contributed by atoms with Gasteiger partial charge in [0.2, 0.25) is 4.80 Å². The summed E-state index contributed by atoms with van der Waals surface area (Å²) < 4.78 is 27.2. The zero-order valence-corrected chi connectivity index (χ0v) is 15.4. The molecular weight excluding hydrogens is 358 g/mol. The molecule has 0 spiro atoms. The SMILES string of the molecule is CCS(=O)(=O)c1ccccc1C(=O)N/N=c1/sc2ccccc2n1C. The standard InChI is InChI=1S/C17H17N3O3S2/c1-3-25(22,23)15-11-7-4-8-12(15)16(21)18-19-17-20(2)13-9-5-6-10-14(13)24-17/h4-11H,3H2,1-2H3,(H,18,21)/b19-17+. The van der Waals surface area contributed by atoms with Crippen molar-refractivity contribution in [1.82, 2.24) is 9.99 Å². The third kappa shape index (κ3) is 3.35. The number of rotatable bonds is 4. The van der Waals surface area contributed by atoms with Crippen LogP contribution in [0.15, 0.2) is 58.5 Å². The van der Waals surface area contributed by atoms with E-state index in [9.17, 15) is 13.2 Å². The Bertz CT molecular complexity index is 1110. The molecule has 0 aliphatic carbocycles. The Kier molecular flexibility index (Phi) is 4.73. The maximum atomic E-state index is 12.5. The van der Waals surface area contributed by atoms with E-state index in [0.29, 0.717) is 4.80 Å². The molecule has 8 heteroatoms. The lowest BCUT2D eigenvalue weighted by Crippen LogP contribution is -2.25. The number of nitrogens with one attached hydrogen (secondary N) is 1. The number of sulfone groups is 1. The molecular formula is C17H17N3O3S2. The maximum Gasteiger partial charge on any atom is 0.272 e. The number of amides is 1. The number of benzene rings is 2. The van der Waals surface area contributed by atoms with Crippen LogP contribution in [-0.4, -0.2) is 24.6 Å². The summed E-state index contributed by atoms with van der Waals surface area (Å²) in [4.78, 5) is 13.1. The first kappa shape index (κ1) is 17.4. The molecule has 0 saturated heterocycles. The Hall–Kier alpha value is -2.45. The molecule has 3 rings (SSSR count). The molecule has 0 aliphatic heterocycles. The molecule has 0 bridgehead atoms. The first-order valence-electron chi connectivity index (χ1n) is 7.64. The predicted octanol–water partition coefficient (Wildman–Crippen LogP) is 2.28. The number of hydrogen-bond acceptors (Lipinski definition) is 5. The lowest BCUT2D eigenvalue weighted by atomic mass is 10.2. The van der Waals surface area contributed by atoms with E-state index in [0.717, 1.165) is 10.2 Å². The second-order valence-corrected chi connectivity index (χ2v) is 8.62. The molecule has 1 amide bonds. The first-order valence-corrected chi connectivity index (χ1v) is 10.1. The van der Waals surface area contributed by atoms with E-state index in [-0.39, 0.29) is 16.2 Å². The van der Waals surface area contributed by atoms with Crippen LogP contribution in [0.1, 0.15) is 17.3 Å². The van der Waals surface area contributed by atoms with Crippen LogP contribution in [-0.2, 0) is 16.9 Å². The van der Waals surface area contributed by atoms with E-state index < -0.39 is 15.7 Å². The second kappa shape index (κ2) is 6.81. The Morgan fingerprint density at radius 3 is 2.56 bits per heavy atom. The van der Waals surface area contributed by atoms with Crippen LogP contribution in [0.2, 0.25) is 0 Å². The van der Waals surface area contributed by atoms with Crippen molar-refractivity contribution in [2.75, 3.05) is 5.75 Å². The van der Waals surface area contributed by atoms with E-state index in [4.69, 9.17) is 0 Å². The van der Waals surface area contributed by atoms with Crippen LogP contribution >= 0.6 is 11.3 Å². The molecule has 130 valence electrons. The Labute approximate surface area is 149 Å². The normalized spacial score (nSPS) is 12.5. The number of aryl methyl sites for hydroxylation is 1. The molecule has 0 saturated carbocycles. The molecule has 0 atom stereocenters. The quantitative estimate of drug-likeness (QED) is 0.711. The van der Waals surface area contributed by atoms with Crippen LogP contribution < -0.4 is 10.2 Å². The van der Waals surface area contributed by atoms with Gasteiger partial charge in [-0.25, -0.2) is 13.8 Å². The summed E-state index contributed by atoms with van der Waals surface area (Å²) in [7, 11) is -1.63. The third-order valence-corrected chi connectivity index (χ3v) is 6.71. The van der Waals surface area contributed by atoms with Gasteiger partial charge >= 0.3 is 0 Å². The predicted molar refractivity (Wildman–Crippen MR) is 98.0 cm³/mol. The number of thiazole rings is 1. The summed E-state index contributed by atoms with van der Waals surface area (Å²) in [6, 6.07) is 14.0. The molecule has 0 unspecified atom stereocenters. The number of fused-ring (bicyclic) bond motifs is 1. The summed E-state index contributed by atoms with van der Waals surface area (Å²) in [5.74, 6) is -0.621. The van der Waals surface area contributed by atoms with Crippen LogP contribution in [0.5, 0.6) is 0 Å². The largest absolute Gasteiger partial charge is 0.318 e. The van der Waals surface area contributed by atoms with Crippen LogP contribution in [0, 0.1) is 0 Å². The minimum absolute atomic E-state index is 0.0194. The van der Waals surface area contributed by atoms with Gasteiger partial charge in [-0.2, -0.15) is 0 Å². The van der Waals surface area contributed by atoms with Gasteiger partial charge in [0.25, 0.3) is 5.91 Å². The zero-order valence-electron chi connectivity index (χ0n) is 13.8. The number of aromatic nitrogens is 1. The fourth-order valence-corrected chi connectivity index (χ4v) is 4.50.